The van der Waals surface area contributed by atoms with Gasteiger partial charge in [0.25, 0.3) is 5.91 Å². The smallest absolute Gasteiger partial charge is 0.254 e. The van der Waals surface area contributed by atoms with Crippen LogP contribution in [0, 0.1) is 11.3 Å². The summed E-state index contributed by atoms with van der Waals surface area (Å²) in [6, 6.07) is 16.8. The molecular formula is C21H19N5O2. The van der Waals surface area contributed by atoms with Gasteiger partial charge in [0.05, 0.1) is 24.3 Å². The van der Waals surface area contributed by atoms with Crippen LogP contribution in [0.2, 0.25) is 0 Å². The summed E-state index contributed by atoms with van der Waals surface area (Å²) in [5.41, 5.74) is 2.73. The number of carbonyl (C=O) groups is 1. The number of anilines is 2. The lowest BCUT2D eigenvalue weighted by atomic mass is 10.1. The molecule has 2 aromatic carbocycles. The second-order valence-electron chi connectivity index (χ2n) is 5.97. The van der Waals surface area contributed by atoms with Crippen LogP contribution >= 0.6 is 0 Å². The number of benzene rings is 2. The zero-order valence-electron chi connectivity index (χ0n) is 15.3. The van der Waals surface area contributed by atoms with Crippen LogP contribution in [-0.4, -0.2) is 29.5 Å². The van der Waals surface area contributed by atoms with E-state index in [0.717, 1.165) is 11.3 Å². The molecule has 0 aliphatic rings. The number of nitriles is 1. The van der Waals surface area contributed by atoms with Gasteiger partial charge in [-0.1, -0.05) is 18.2 Å². The summed E-state index contributed by atoms with van der Waals surface area (Å²) < 4.78 is 5.13. The van der Waals surface area contributed by atoms with Crippen molar-refractivity contribution in [3.05, 3.63) is 77.6 Å². The molecule has 0 radical (unpaired) electrons. The molecular weight excluding hydrogens is 354 g/mol. The van der Waals surface area contributed by atoms with E-state index in [1.165, 1.54) is 12.4 Å². The number of rotatable bonds is 7. The van der Waals surface area contributed by atoms with E-state index in [1.54, 1.807) is 25.3 Å². The number of ether oxygens (including phenoxy) is 1. The summed E-state index contributed by atoms with van der Waals surface area (Å²) in [5, 5.41) is 14.8. The van der Waals surface area contributed by atoms with Gasteiger partial charge in [-0.25, -0.2) is 9.97 Å². The molecule has 1 aromatic heterocycles. The maximum atomic E-state index is 12.2. The predicted molar refractivity (Wildman–Crippen MR) is 106 cm³/mol. The molecule has 2 N–H and O–H groups in total. The van der Waals surface area contributed by atoms with Crippen LogP contribution < -0.4 is 15.4 Å². The van der Waals surface area contributed by atoms with Crippen LogP contribution in [0.15, 0.2) is 60.9 Å². The van der Waals surface area contributed by atoms with Crippen molar-refractivity contribution in [1.29, 1.82) is 5.26 Å². The third kappa shape index (κ3) is 5.05. The van der Waals surface area contributed by atoms with Crippen molar-refractivity contribution in [2.75, 3.05) is 19.0 Å². The van der Waals surface area contributed by atoms with Crippen molar-refractivity contribution in [1.82, 2.24) is 15.3 Å². The lowest BCUT2D eigenvalue weighted by Crippen LogP contribution is -2.26. The Morgan fingerprint density at radius 3 is 2.57 bits per heavy atom. The normalized spacial score (nSPS) is 10.0. The largest absolute Gasteiger partial charge is 0.497 e. The predicted octanol–water partition coefficient (Wildman–Crippen LogP) is 3.07. The number of methoxy groups -OCH3 is 1. The van der Waals surface area contributed by atoms with Crippen LogP contribution in [0.5, 0.6) is 5.75 Å². The molecule has 7 nitrogen and oxygen atoms in total. The fourth-order valence-electron chi connectivity index (χ4n) is 2.52. The van der Waals surface area contributed by atoms with Crippen molar-refractivity contribution in [3.63, 3.8) is 0 Å². The van der Waals surface area contributed by atoms with Gasteiger partial charge in [-0.2, -0.15) is 5.26 Å². The maximum Gasteiger partial charge on any atom is 0.254 e. The van der Waals surface area contributed by atoms with E-state index >= 15 is 0 Å². The monoisotopic (exact) mass is 373 g/mol. The highest BCUT2D eigenvalue weighted by atomic mass is 16.5. The quantitative estimate of drug-likeness (QED) is 0.660. The van der Waals surface area contributed by atoms with E-state index < -0.39 is 0 Å². The number of hydrogen-bond acceptors (Lipinski definition) is 6. The third-order valence-corrected chi connectivity index (χ3v) is 4.02. The highest BCUT2D eigenvalue weighted by Gasteiger charge is 2.07. The van der Waals surface area contributed by atoms with Crippen molar-refractivity contribution in [3.8, 4) is 11.8 Å². The number of nitrogens with zero attached hydrogens (tertiary/aromatic N) is 3. The van der Waals surface area contributed by atoms with E-state index in [0.29, 0.717) is 35.7 Å². The molecule has 0 bridgehead atoms. The van der Waals surface area contributed by atoms with Gasteiger partial charge >= 0.3 is 0 Å². The van der Waals surface area contributed by atoms with Crippen LogP contribution in [0.25, 0.3) is 0 Å². The first-order valence-corrected chi connectivity index (χ1v) is 8.68. The zero-order valence-corrected chi connectivity index (χ0v) is 15.3. The first kappa shape index (κ1) is 18.9. The molecule has 3 rings (SSSR count). The minimum Gasteiger partial charge on any atom is -0.497 e. The molecule has 0 unspecified atom stereocenters. The first-order chi connectivity index (χ1) is 13.7. The average molecular weight is 373 g/mol. The highest BCUT2D eigenvalue weighted by Crippen LogP contribution is 2.14. The summed E-state index contributed by atoms with van der Waals surface area (Å²) in [6.45, 7) is 0.506. The SMILES string of the molecule is COc1ccc(CCNC(=O)c2cnc(Nc3cccc(C#N)c3)nc2)cc1. The summed E-state index contributed by atoms with van der Waals surface area (Å²) in [6.07, 6.45) is 3.64. The fourth-order valence-corrected chi connectivity index (χ4v) is 2.52. The van der Waals surface area contributed by atoms with Gasteiger partial charge in [-0.05, 0) is 42.3 Å². The number of amides is 1. The van der Waals surface area contributed by atoms with Gasteiger partial charge in [-0.15, -0.1) is 0 Å². The third-order valence-electron chi connectivity index (χ3n) is 4.02. The zero-order chi connectivity index (χ0) is 19.8. The Bertz CT molecular complexity index is 979. The Morgan fingerprint density at radius 1 is 1.14 bits per heavy atom. The summed E-state index contributed by atoms with van der Waals surface area (Å²) >= 11 is 0. The number of aromatic nitrogens is 2. The Hall–Kier alpha value is -3.92. The Kier molecular flexibility index (Phi) is 6.16. The Morgan fingerprint density at radius 2 is 1.89 bits per heavy atom. The van der Waals surface area contributed by atoms with Gasteiger partial charge in [0.2, 0.25) is 5.95 Å². The van der Waals surface area contributed by atoms with Crippen LogP contribution in [-0.2, 0) is 6.42 Å². The van der Waals surface area contributed by atoms with Crippen molar-refractivity contribution in [2.24, 2.45) is 0 Å². The molecule has 0 saturated heterocycles. The molecule has 0 aliphatic carbocycles. The fraction of sp³-hybridized carbons (Fsp3) is 0.143. The maximum absolute atomic E-state index is 12.2. The van der Waals surface area contributed by atoms with Crippen LogP contribution in [0.3, 0.4) is 0 Å². The van der Waals surface area contributed by atoms with E-state index in [2.05, 4.69) is 26.7 Å². The molecule has 0 fully saturated rings. The summed E-state index contributed by atoms with van der Waals surface area (Å²) in [7, 11) is 1.63. The van der Waals surface area contributed by atoms with Gasteiger partial charge in [0.15, 0.2) is 0 Å². The minimum atomic E-state index is -0.230. The van der Waals surface area contributed by atoms with E-state index in [1.807, 2.05) is 30.3 Å². The molecule has 0 spiro atoms. The molecule has 140 valence electrons. The standard InChI is InChI=1S/C21H19N5O2/c1-28-19-7-5-15(6-8-19)9-10-23-20(27)17-13-24-21(25-14-17)26-18-4-2-3-16(11-18)12-22/h2-8,11,13-14H,9-10H2,1H3,(H,23,27)(H,24,25,26). The molecule has 28 heavy (non-hydrogen) atoms. The second kappa shape index (κ2) is 9.14. The van der Waals surface area contributed by atoms with Crippen molar-refractivity contribution < 1.29 is 9.53 Å². The lowest BCUT2D eigenvalue weighted by molar-refractivity contribution is 0.0953. The van der Waals surface area contributed by atoms with E-state index in [-0.39, 0.29) is 5.91 Å². The Balaban J connectivity index is 1.52. The minimum absolute atomic E-state index is 0.230. The van der Waals surface area contributed by atoms with E-state index in [9.17, 15) is 4.79 Å². The molecule has 3 aromatic rings. The van der Waals surface area contributed by atoms with Gasteiger partial charge in [0, 0.05) is 24.6 Å². The molecule has 7 heteroatoms. The molecule has 0 aliphatic heterocycles. The number of carbonyl (C=O) groups excluding carboxylic acids is 1. The topological polar surface area (TPSA) is 99.9 Å². The molecule has 1 amide bonds. The molecule has 1 heterocycles. The number of hydrogen-bond donors (Lipinski definition) is 2. The summed E-state index contributed by atoms with van der Waals surface area (Å²) in [5.74, 6) is 0.925. The number of nitrogens with one attached hydrogen (secondary N) is 2. The highest BCUT2D eigenvalue weighted by molar-refractivity contribution is 5.93. The lowest BCUT2D eigenvalue weighted by Gasteiger charge is -2.07. The average Bonchev–Trinajstić information content (AvgIpc) is 2.75. The van der Waals surface area contributed by atoms with Crippen LogP contribution in [0.4, 0.5) is 11.6 Å². The summed E-state index contributed by atoms with van der Waals surface area (Å²) in [4.78, 5) is 20.5. The van der Waals surface area contributed by atoms with Crippen LogP contribution in [0.1, 0.15) is 21.5 Å². The van der Waals surface area contributed by atoms with Gasteiger partial charge < -0.3 is 15.4 Å². The van der Waals surface area contributed by atoms with E-state index in [4.69, 9.17) is 10.00 Å². The molecule has 0 atom stereocenters. The Labute approximate surface area is 163 Å². The molecule has 0 saturated carbocycles. The van der Waals surface area contributed by atoms with Crippen molar-refractivity contribution in [2.45, 2.75) is 6.42 Å². The van der Waals surface area contributed by atoms with Gasteiger partial charge in [0.1, 0.15) is 5.75 Å². The first-order valence-electron chi connectivity index (χ1n) is 8.68. The van der Waals surface area contributed by atoms with Gasteiger partial charge in [-0.3, -0.25) is 4.79 Å². The second-order valence-corrected chi connectivity index (χ2v) is 5.97. The van der Waals surface area contributed by atoms with Crippen molar-refractivity contribution >= 4 is 17.5 Å².